The van der Waals surface area contributed by atoms with Crippen molar-refractivity contribution in [2.24, 2.45) is 0 Å². The quantitative estimate of drug-likeness (QED) is 0.829. The lowest BCUT2D eigenvalue weighted by molar-refractivity contribution is 0.567. The SMILES string of the molecule is CC1(C)CNc2cc(Cc3cccc(F)c3)c(Br)nc21. The van der Waals surface area contributed by atoms with E-state index in [1.807, 2.05) is 6.07 Å². The molecule has 1 aliphatic heterocycles. The van der Waals surface area contributed by atoms with E-state index in [-0.39, 0.29) is 11.2 Å². The largest absolute Gasteiger partial charge is 0.383 e. The Hall–Kier alpha value is -1.42. The van der Waals surface area contributed by atoms with Crippen LogP contribution in [-0.4, -0.2) is 11.5 Å². The van der Waals surface area contributed by atoms with Gasteiger partial charge in [0.2, 0.25) is 0 Å². The highest BCUT2D eigenvalue weighted by molar-refractivity contribution is 9.10. The minimum atomic E-state index is -0.202. The summed E-state index contributed by atoms with van der Waals surface area (Å²) >= 11 is 3.54. The van der Waals surface area contributed by atoms with Crippen molar-refractivity contribution >= 4 is 21.6 Å². The van der Waals surface area contributed by atoms with Gasteiger partial charge in [0.1, 0.15) is 10.4 Å². The number of hydrogen-bond acceptors (Lipinski definition) is 2. The van der Waals surface area contributed by atoms with Crippen molar-refractivity contribution in [1.29, 1.82) is 0 Å². The molecule has 20 heavy (non-hydrogen) atoms. The zero-order valence-electron chi connectivity index (χ0n) is 11.5. The molecule has 2 aromatic rings. The number of hydrogen-bond donors (Lipinski definition) is 1. The molecule has 0 spiro atoms. The third-order valence-electron chi connectivity index (χ3n) is 3.69. The second-order valence-corrected chi connectivity index (χ2v) is 6.63. The first kappa shape index (κ1) is 13.6. The van der Waals surface area contributed by atoms with Crippen LogP contribution in [0, 0.1) is 5.82 Å². The van der Waals surface area contributed by atoms with Gasteiger partial charge in [0.25, 0.3) is 0 Å². The van der Waals surface area contributed by atoms with E-state index in [0.717, 1.165) is 33.7 Å². The van der Waals surface area contributed by atoms with Crippen molar-refractivity contribution in [1.82, 2.24) is 4.98 Å². The van der Waals surface area contributed by atoms with E-state index in [0.29, 0.717) is 6.42 Å². The Morgan fingerprint density at radius 3 is 2.90 bits per heavy atom. The molecule has 0 bridgehead atoms. The lowest BCUT2D eigenvalue weighted by Crippen LogP contribution is -2.20. The molecule has 0 unspecified atom stereocenters. The van der Waals surface area contributed by atoms with Crippen molar-refractivity contribution in [3.63, 3.8) is 0 Å². The maximum absolute atomic E-state index is 13.3. The van der Waals surface area contributed by atoms with Gasteiger partial charge in [-0.15, -0.1) is 0 Å². The van der Waals surface area contributed by atoms with Crippen LogP contribution in [0.5, 0.6) is 0 Å². The van der Waals surface area contributed by atoms with Gasteiger partial charge in [-0.25, -0.2) is 9.37 Å². The molecule has 0 fully saturated rings. The Morgan fingerprint density at radius 2 is 2.15 bits per heavy atom. The Bertz CT molecular complexity index is 668. The number of nitrogens with one attached hydrogen (secondary N) is 1. The van der Waals surface area contributed by atoms with Crippen LogP contribution in [0.1, 0.15) is 30.7 Å². The van der Waals surface area contributed by atoms with Gasteiger partial charge < -0.3 is 5.32 Å². The molecule has 2 heterocycles. The predicted octanol–water partition coefficient (Wildman–Crippen LogP) is 4.28. The molecule has 1 aliphatic rings. The Labute approximate surface area is 126 Å². The predicted molar refractivity (Wildman–Crippen MR) is 82.7 cm³/mol. The number of aromatic nitrogens is 1. The topological polar surface area (TPSA) is 24.9 Å². The molecule has 0 saturated carbocycles. The van der Waals surface area contributed by atoms with Gasteiger partial charge in [-0.05, 0) is 45.3 Å². The monoisotopic (exact) mass is 334 g/mol. The first-order valence-electron chi connectivity index (χ1n) is 6.64. The fraction of sp³-hybridized carbons (Fsp3) is 0.312. The van der Waals surface area contributed by atoms with Crippen LogP contribution >= 0.6 is 15.9 Å². The lowest BCUT2D eigenvalue weighted by atomic mass is 9.91. The average molecular weight is 335 g/mol. The van der Waals surface area contributed by atoms with E-state index < -0.39 is 0 Å². The number of benzene rings is 1. The van der Waals surface area contributed by atoms with Crippen molar-refractivity contribution in [2.45, 2.75) is 25.7 Å². The molecule has 0 aliphatic carbocycles. The molecular weight excluding hydrogens is 319 g/mol. The smallest absolute Gasteiger partial charge is 0.123 e. The van der Waals surface area contributed by atoms with Gasteiger partial charge in [-0.3, -0.25) is 0 Å². The van der Waals surface area contributed by atoms with Gasteiger partial charge in [0, 0.05) is 18.4 Å². The fourth-order valence-corrected chi connectivity index (χ4v) is 3.01. The minimum absolute atomic E-state index is 0.0508. The molecule has 0 saturated heterocycles. The van der Waals surface area contributed by atoms with Crippen LogP contribution in [0.4, 0.5) is 10.1 Å². The number of rotatable bonds is 2. The molecule has 1 N–H and O–H groups in total. The maximum Gasteiger partial charge on any atom is 0.123 e. The molecule has 104 valence electrons. The second-order valence-electron chi connectivity index (χ2n) is 5.88. The van der Waals surface area contributed by atoms with Gasteiger partial charge in [-0.2, -0.15) is 0 Å². The summed E-state index contributed by atoms with van der Waals surface area (Å²) in [6.07, 6.45) is 0.667. The first-order chi connectivity index (χ1) is 9.45. The summed E-state index contributed by atoms with van der Waals surface area (Å²) in [7, 11) is 0. The van der Waals surface area contributed by atoms with Gasteiger partial charge in [0.05, 0.1) is 11.4 Å². The Morgan fingerprint density at radius 1 is 1.35 bits per heavy atom. The highest BCUT2D eigenvalue weighted by atomic mass is 79.9. The summed E-state index contributed by atoms with van der Waals surface area (Å²) in [5.74, 6) is -0.202. The van der Waals surface area contributed by atoms with Crippen LogP contribution in [0.3, 0.4) is 0 Å². The second kappa shape index (κ2) is 4.85. The average Bonchev–Trinajstić information content (AvgIpc) is 2.66. The number of nitrogens with zero attached hydrogens (tertiary/aromatic N) is 1. The summed E-state index contributed by atoms with van der Waals surface area (Å²) in [6.45, 7) is 5.25. The fourth-order valence-electron chi connectivity index (χ4n) is 2.57. The summed E-state index contributed by atoms with van der Waals surface area (Å²) < 4.78 is 14.1. The molecule has 0 radical (unpaired) electrons. The Kier molecular flexibility index (Phi) is 3.28. The third kappa shape index (κ3) is 2.44. The van der Waals surface area contributed by atoms with Crippen LogP contribution < -0.4 is 5.32 Å². The zero-order chi connectivity index (χ0) is 14.3. The van der Waals surface area contributed by atoms with Crippen molar-refractivity contribution in [2.75, 3.05) is 11.9 Å². The van der Waals surface area contributed by atoms with Crippen LogP contribution in [-0.2, 0) is 11.8 Å². The van der Waals surface area contributed by atoms with E-state index in [2.05, 4.69) is 46.1 Å². The third-order valence-corrected chi connectivity index (χ3v) is 4.38. The Balaban J connectivity index is 1.96. The maximum atomic E-state index is 13.3. The summed E-state index contributed by atoms with van der Waals surface area (Å²) in [5, 5.41) is 3.40. The van der Waals surface area contributed by atoms with Crippen LogP contribution in [0.15, 0.2) is 34.9 Å². The lowest BCUT2D eigenvalue weighted by Gasteiger charge is -2.16. The number of pyridine rings is 1. The minimum Gasteiger partial charge on any atom is -0.383 e. The van der Waals surface area contributed by atoms with Crippen molar-refractivity contribution in [3.8, 4) is 0 Å². The molecule has 2 nitrogen and oxygen atoms in total. The van der Waals surface area contributed by atoms with E-state index in [1.54, 1.807) is 12.1 Å². The number of anilines is 1. The van der Waals surface area contributed by atoms with Crippen molar-refractivity contribution < 1.29 is 4.39 Å². The first-order valence-corrected chi connectivity index (χ1v) is 7.43. The van der Waals surface area contributed by atoms with Gasteiger partial charge in [-0.1, -0.05) is 26.0 Å². The van der Waals surface area contributed by atoms with Crippen molar-refractivity contribution in [3.05, 3.63) is 57.6 Å². The normalized spacial score (nSPS) is 15.8. The van der Waals surface area contributed by atoms with Crippen LogP contribution in [0.2, 0.25) is 0 Å². The molecule has 0 amide bonds. The van der Waals surface area contributed by atoms with E-state index >= 15 is 0 Å². The number of halogens is 2. The summed E-state index contributed by atoms with van der Waals surface area (Å²) in [6, 6.07) is 8.81. The van der Waals surface area contributed by atoms with E-state index in [1.165, 1.54) is 6.07 Å². The molecule has 1 aromatic heterocycles. The van der Waals surface area contributed by atoms with E-state index in [9.17, 15) is 4.39 Å². The highest BCUT2D eigenvalue weighted by Gasteiger charge is 2.32. The van der Waals surface area contributed by atoms with E-state index in [4.69, 9.17) is 0 Å². The molecule has 0 atom stereocenters. The zero-order valence-corrected chi connectivity index (χ0v) is 13.1. The highest BCUT2D eigenvalue weighted by Crippen LogP contribution is 2.37. The molecule has 3 rings (SSSR count). The molecule has 1 aromatic carbocycles. The number of fused-ring (bicyclic) bond motifs is 1. The van der Waals surface area contributed by atoms with Crippen LogP contribution in [0.25, 0.3) is 0 Å². The molecular formula is C16H16BrFN2. The summed E-state index contributed by atoms with van der Waals surface area (Å²) in [5.41, 5.74) is 4.25. The van der Waals surface area contributed by atoms with Gasteiger partial charge >= 0.3 is 0 Å². The molecule has 4 heteroatoms. The standard InChI is InChI=1S/C16H16BrFN2/c1-16(2)9-19-13-8-11(15(17)20-14(13)16)6-10-4-3-5-12(18)7-10/h3-5,7-8,19H,6,9H2,1-2H3. The summed E-state index contributed by atoms with van der Waals surface area (Å²) in [4.78, 5) is 4.69. The van der Waals surface area contributed by atoms with Gasteiger partial charge in [0.15, 0.2) is 0 Å².